The van der Waals surface area contributed by atoms with Crippen molar-refractivity contribution >= 4 is 11.6 Å². The molecule has 4 rings (SSSR count). The van der Waals surface area contributed by atoms with E-state index in [-0.39, 0.29) is 22.7 Å². The number of aromatic nitrogens is 4. The predicted molar refractivity (Wildman–Crippen MR) is 107 cm³/mol. The van der Waals surface area contributed by atoms with Gasteiger partial charge in [0.1, 0.15) is 5.69 Å². The smallest absolute Gasteiger partial charge is 0.330 e. The summed E-state index contributed by atoms with van der Waals surface area (Å²) in [6.45, 7) is 2.17. The molecule has 1 fully saturated rings. The lowest BCUT2D eigenvalue weighted by atomic mass is 9.98. The first-order valence-electron chi connectivity index (χ1n) is 10.1. The summed E-state index contributed by atoms with van der Waals surface area (Å²) < 4.78 is 43.0. The molecule has 1 atom stereocenters. The average molecular weight is 433 g/mol. The molecule has 1 aliphatic rings. The first-order valence-corrected chi connectivity index (χ1v) is 10.1. The van der Waals surface area contributed by atoms with E-state index in [9.17, 15) is 22.8 Å². The Morgan fingerprint density at radius 1 is 1.23 bits per heavy atom. The van der Waals surface area contributed by atoms with Crippen molar-refractivity contribution in [1.29, 1.82) is 0 Å². The van der Waals surface area contributed by atoms with Gasteiger partial charge < -0.3 is 9.47 Å². The Labute approximate surface area is 176 Å². The van der Waals surface area contributed by atoms with Crippen LogP contribution in [0.15, 0.2) is 35.3 Å². The van der Waals surface area contributed by atoms with Crippen LogP contribution in [-0.2, 0) is 19.6 Å². The molecule has 3 aromatic heterocycles. The summed E-state index contributed by atoms with van der Waals surface area (Å²) >= 11 is 0. The summed E-state index contributed by atoms with van der Waals surface area (Å²) in [6, 6.07) is 4.88. The summed E-state index contributed by atoms with van der Waals surface area (Å²) in [6.07, 6.45) is -0.545. The lowest BCUT2D eigenvalue weighted by Gasteiger charge is -2.34. The Bertz CT molecular complexity index is 1200. The van der Waals surface area contributed by atoms with Crippen LogP contribution in [0, 0.1) is 0 Å². The number of aryl methyl sites for hydroxylation is 2. The highest BCUT2D eigenvalue weighted by molar-refractivity contribution is 5.94. The number of rotatable bonds is 3. The van der Waals surface area contributed by atoms with Gasteiger partial charge in [-0.3, -0.25) is 9.59 Å². The van der Waals surface area contributed by atoms with Crippen molar-refractivity contribution in [3.05, 3.63) is 63.5 Å². The zero-order valence-electron chi connectivity index (χ0n) is 17.2. The molecule has 10 heteroatoms. The van der Waals surface area contributed by atoms with Gasteiger partial charge in [-0.15, -0.1) is 0 Å². The molecule has 0 bridgehead atoms. The molecular weight excluding hydrogens is 411 g/mol. The zero-order chi connectivity index (χ0) is 22.3. The van der Waals surface area contributed by atoms with Crippen LogP contribution in [-0.4, -0.2) is 36.5 Å². The van der Waals surface area contributed by atoms with Crippen molar-refractivity contribution in [2.24, 2.45) is 7.05 Å². The van der Waals surface area contributed by atoms with Crippen molar-refractivity contribution in [1.82, 2.24) is 24.1 Å². The second-order valence-corrected chi connectivity index (χ2v) is 7.70. The minimum atomic E-state index is -4.58. The summed E-state index contributed by atoms with van der Waals surface area (Å²) in [5.74, 6) is -0.335. The first-order chi connectivity index (χ1) is 14.7. The first kappa shape index (κ1) is 21.1. The molecule has 0 aliphatic carbocycles. The van der Waals surface area contributed by atoms with E-state index >= 15 is 0 Å². The van der Waals surface area contributed by atoms with Crippen LogP contribution >= 0.6 is 0 Å². The van der Waals surface area contributed by atoms with Crippen molar-refractivity contribution in [3.63, 3.8) is 0 Å². The molecule has 3 aromatic rings. The number of hydrogen-bond acceptors (Lipinski definition) is 4. The largest absolute Gasteiger partial charge is 0.433 e. The van der Waals surface area contributed by atoms with Gasteiger partial charge >= 0.3 is 6.18 Å². The number of hydrogen-bond donors (Lipinski definition) is 0. The van der Waals surface area contributed by atoms with Gasteiger partial charge in [0.25, 0.3) is 11.5 Å². The van der Waals surface area contributed by atoms with Crippen LogP contribution in [0.5, 0.6) is 0 Å². The molecule has 1 aliphatic heterocycles. The van der Waals surface area contributed by atoms with E-state index in [2.05, 4.69) is 10.1 Å². The maximum absolute atomic E-state index is 13.6. The van der Waals surface area contributed by atoms with Gasteiger partial charge in [0, 0.05) is 43.2 Å². The Balaban J connectivity index is 1.76. The topological polar surface area (TPSA) is 72.5 Å². The molecule has 1 unspecified atom stereocenters. The number of amides is 1. The standard InChI is InChI=1S/C21H22F3N5O2/c1-3-14-11-17(21(22,23)24)29-18(25-14)12-15(26-29)16-6-4-5-8-28(16)20(31)13-7-9-27(2)19(30)10-13/h7,9-12,16H,3-6,8H2,1-2H3. The minimum absolute atomic E-state index is 0.105. The van der Waals surface area contributed by atoms with Gasteiger partial charge in [0.15, 0.2) is 5.65 Å². The third kappa shape index (κ3) is 3.94. The number of carbonyl (C=O) groups excluding carboxylic acids is 1. The van der Waals surface area contributed by atoms with Crippen LogP contribution < -0.4 is 5.56 Å². The minimum Gasteiger partial charge on any atom is -0.330 e. The number of pyridine rings is 1. The van der Waals surface area contributed by atoms with E-state index in [1.807, 2.05) is 0 Å². The van der Waals surface area contributed by atoms with Gasteiger partial charge in [-0.1, -0.05) is 6.92 Å². The van der Waals surface area contributed by atoms with E-state index in [4.69, 9.17) is 0 Å². The van der Waals surface area contributed by atoms with Crippen LogP contribution in [0.1, 0.15) is 59.7 Å². The maximum Gasteiger partial charge on any atom is 0.433 e. The van der Waals surface area contributed by atoms with Gasteiger partial charge in [-0.2, -0.15) is 18.3 Å². The number of carbonyl (C=O) groups is 1. The normalized spacial score (nSPS) is 17.3. The fourth-order valence-electron chi connectivity index (χ4n) is 3.92. The second-order valence-electron chi connectivity index (χ2n) is 7.70. The molecule has 0 N–H and O–H groups in total. The highest BCUT2D eigenvalue weighted by atomic mass is 19.4. The van der Waals surface area contributed by atoms with E-state index < -0.39 is 17.9 Å². The Morgan fingerprint density at radius 3 is 2.68 bits per heavy atom. The molecule has 7 nitrogen and oxygen atoms in total. The highest BCUT2D eigenvalue weighted by Gasteiger charge is 2.36. The Kier molecular flexibility index (Phi) is 5.32. The van der Waals surface area contributed by atoms with Crippen LogP contribution in [0.3, 0.4) is 0 Å². The van der Waals surface area contributed by atoms with Gasteiger partial charge in [-0.05, 0) is 37.8 Å². The third-order valence-corrected chi connectivity index (χ3v) is 5.61. The number of alkyl halides is 3. The molecule has 0 radical (unpaired) electrons. The van der Waals surface area contributed by atoms with Crippen LogP contribution in [0.4, 0.5) is 13.2 Å². The molecular formula is C21H22F3N5O2. The molecule has 0 spiro atoms. The Hall–Kier alpha value is -3.17. The number of likely N-dealkylation sites (tertiary alicyclic amines) is 1. The van der Waals surface area contributed by atoms with Gasteiger partial charge in [0.2, 0.25) is 0 Å². The molecule has 0 saturated carbocycles. The van der Waals surface area contributed by atoms with Crippen molar-refractivity contribution < 1.29 is 18.0 Å². The quantitative estimate of drug-likeness (QED) is 0.635. The van der Waals surface area contributed by atoms with E-state index in [0.29, 0.717) is 30.8 Å². The van der Waals surface area contributed by atoms with E-state index in [1.54, 1.807) is 24.9 Å². The molecule has 1 saturated heterocycles. The molecule has 1 amide bonds. The fourth-order valence-corrected chi connectivity index (χ4v) is 3.92. The summed E-state index contributed by atoms with van der Waals surface area (Å²) in [5.41, 5.74) is -0.153. The number of halogens is 3. The molecule has 4 heterocycles. The van der Waals surface area contributed by atoms with Crippen molar-refractivity contribution in [2.75, 3.05) is 6.54 Å². The summed E-state index contributed by atoms with van der Waals surface area (Å²) in [4.78, 5) is 31.0. The third-order valence-electron chi connectivity index (χ3n) is 5.61. The van der Waals surface area contributed by atoms with Gasteiger partial charge in [-0.25, -0.2) is 9.50 Å². The summed E-state index contributed by atoms with van der Waals surface area (Å²) in [7, 11) is 1.59. The highest BCUT2D eigenvalue weighted by Crippen LogP contribution is 2.34. The van der Waals surface area contributed by atoms with E-state index in [0.717, 1.165) is 23.4 Å². The maximum atomic E-state index is 13.6. The van der Waals surface area contributed by atoms with Gasteiger partial charge in [0.05, 0.1) is 11.7 Å². The van der Waals surface area contributed by atoms with Crippen LogP contribution in [0.25, 0.3) is 5.65 Å². The molecule has 31 heavy (non-hydrogen) atoms. The number of piperidine rings is 1. The fraction of sp³-hybridized carbons (Fsp3) is 0.429. The van der Waals surface area contributed by atoms with Crippen LogP contribution in [0.2, 0.25) is 0 Å². The number of fused-ring (bicyclic) bond motifs is 1. The molecule has 0 aromatic carbocycles. The monoisotopic (exact) mass is 433 g/mol. The van der Waals surface area contributed by atoms with E-state index in [1.165, 1.54) is 22.9 Å². The lowest BCUT2D eigenvalue weighted by molar-refractivity contribution is -0.142. The SMILES string of the molecule is CCc1cc(C(F)(F)F)n2nc(C3CCCCN3C(=O)c3ccn(C)c(=O)c3)cc2n1. The zero-order valence-corrected chi connectivity index (χ0v) is 17.2. The number of nitrogens with zero attached hydrogens (tertiary/aromatic N) is 5. The van der Waals surface area contributed by atoms with Crippen molar-refractivity contribution in [2.45, 2.75) is 44.8 Å². The average Bonchev–Trinajstić information content (AvgIpc) is 3.17. The predicted octanol–water partition coefficient (Wildman–Crippen LogP) is 3.38. The second kappa shape index (κ2) is 7.82. The lowest BCUT2D eigenvalue weighted by Crippen LogP contribution is -2.39. The molecule has 164 valence electrons. The summed E-state index contributed by atoms with van der Waals surface area (Å²) in [5, 5.41) is 4.21. The van der Waals surface area contributed by atoms with Crippen molar-refractivity contribution in [3.8, 4) is 0 Å². The Morgan fingerprint density at radius 2 is 2.00 bits per heavy atom.